The number of halogens is 1. The van der Waals surface area contributed by atoms with E-state index in [1.165, 1.54) is 0 Å². The van der Waals surface area contributed by atoms with Crippen LogP contribution in [0.15, 0.2) is 28.7 Å². The van der Waals surface area contributed by atoms with E-state index in [9.17, 15) is 8.42 Å². The van der Waals surface area contributed by atoms with Gasteiger partial charge in [-0.05, 0) is 24.5 Å². The Hall–Kier alpha value is -0.390. The zero-order chi connectivity index (χ0) is 12.9. The van der Waals surface area contributed by atoms with Gasteiger partial charge in [0.25, 0.3) is 0 Å². The van der Waals surface area contributed by atoms with E-state index in [0.29, 0.717) is 12.8 Å². The molecule has 0 amide bonds. The number of hydrogen-bond acceptors (Lipinski definition) is 3. The van der Waals surface area contributed by atoms with Crippen molar-refractivity contribution in [1.29, 1.82) is 0 Å². The standard InChI is InChI=1S/C12H18BrNO2S/c1-2-17(15,16)9-5-8-12(14)10-6-3-4-7-11(10)13/h3-4,6-7,12H,2,5,8-9,14H2,1H3. The van der Waals surface area contributed by atoms with Gasteiger partial charge in [0.15, 0.2) is 0 Å². The lowest BCUT2D eigenvalue weighted by Crippen LogP contribution is -2.14. The van der Waals surface area contributed by atoms with Gasteiger partial charge < -0.3 is 5.73 Å². The van der Waals surface area contributed by atoms with Crippen molar-refractivity contribution >= 4 is 25.8 Å². The van der Waals surface area contributed by atoms with Crippen molar-refractivity contribution in [2.24, 2.45) is 5.73 Å². The van der Waals surface area contributed by atoms with Crippen LogP contribution in [0.4, 0.5) is 0 Å². The Morgan fingerprint density at radius 2 is 2.00 bits per heavy atom. The average Bonchev–Trinajstić information content (AvgIpc) is 2.29. The van der Waals surface area contributed by atoms with Gasteiger partial charge >= 0.3 is 0 Å². The van der Waals surface area contributed by atoms with Gasteiger partial charge in [0, 0.05) is 16.3 Å². The average molecular weight is 320 g/mol. The zero-order valence-electron chi connectivity index (χ0n) is 9.90. The first-order valence-electron chi connectivity index (χ1n) is 5.66. The molecule has 1 rings (SSSR count). The first kappa shape index (κ1) is 14.7. The largest absolute Gasteiger partial charge is 0.324 e. The lowest BCUT2D eigenvalue weighted by Gasteiger charge is -2.13. The van der Waals surface area contributed by atoms with Gasteiger partial charge in [-0.15, -0.1) is 0 Å². The van der Waals surface area contributed by atoms with E-state index < -0.39 is 9.84 Å². The van der Waals surface area contributed by atoms with Gasteiger partial charge in [0.1, 0.15) is 9.84 Å². The summed E-state index contributed by atoms with van der Waals surface area (Å²) in [6.45, 7) is 1.67. The maximum Gasteiger partial charge on any atom is 0.150 e. The molecule has 1 atom stereocenters. The summed E-state index contributed by atoms with van der Waals surface area (Å²) in [6.07, 6.45) is 1.29. The summed E-state index contributed by atoms with van der Waals surface area (Å²) in [6, 6.07) is 7.66. The third-order valence-electron chi connectivity index (χ3n) is 2.71. The normalized spacial score (nSPS) is 13.6. The molecule has 3 nitrogen and oxygen atoms in total. The summed E-state index contributed by atoms with van der Waals surface area (Å²) in [5, 5.41) is 0. The highest BCUT2D eigenvalue weighted by atomic mass is 79.9. The Bertz CT molecular complexity index is 459. The van der Waals surface area contributed by atoms with Crippen LogP contribution >= 0.6 is 15.9 Å². The van der Waals surface area contributed by atoms with Crippen LogP contribution in [-0.4, -0.2) is 19.9 Å². The summed E-state index contributed by atoms with van der Waals surface area (Å²) in [7, 11) is -2.87. The lowest BCUT2D eigenvalue weighted by atomic mass is 10.0. The van der Waals surface area contributed by atoms with Crippen LogP contribution in [0.25, 0.3) is 0 Å². The van der Waals surface area contributed by atoms with E-state index >= 15 is 0 Å². The van der Waals surface area contributed by atoms with E-state index in [1.54, 1.807) is 6.92 Å². The maximum absolute atomic E-state index is 11.3. The van der Waals surface area contributed by atoms with Gasteiger partial charge in [0.2, 0.25) is 0 Å². The van der Waals surface area contributed by atoms with Crippen molar-refractivity contribution in [1.82, 2.24) is 0 Å². The van der Waals surface area contributed by atoms with Crippen LogP contribution in [0.1, 0.15) is 31.4 Å². The molecule has 0 aromatic heterocycles. The number of nitrogens with two attached hydrogens (primary N) is 1. The highest BCUT2D eigenvalue weighted by Crippen LogP contribution is 2.24. The summed E-state index contributed by atoms with van der Waals surface area (Å²) < 4.78 is 23.6. The predicted octanol–water partition coefficient (Wildman–Crippen LogP) is 2.66. The summed E-state index contributed by atoms with van der Waals surface area (Å²) in [4.78, 5) is 0. The smallest absolute Gasteiger partial charge is 0.150 e. The van der Waals surface area contributed by atoms with Crippen molar-refractivity contribution in [2.75, 3.05) is 11.5 Å². The second-order valence-electron chi connectivity index (χ2n) is 4.01. The van der Waals surface area contributed by atoms with Crippen LogP contribution < -0.4 is 5.73 Å². The van der Waals surface area contributed by atoms with Gasteiger partial charge in [-0.2, -0.15) is 0 Å². The van der Waals surface area contributed by atoms with Crippen LogP contribution in [0.3, 0.4) is 0 Å². The van der Waals surface area contributed by atoms with E-state index in [2.05, 4.69) is 15.9 Å². The van der Waals surface area contributed by atoms with E-state index in [0.717, 1.165) is 10.0 Å². The Balaban J connectivity index is 2.51. The minimum atomic E-state index is -2.87. The first-order valence-corrected chi connectivity index (χ1v) is 8.28. The van der Waals surface area contributed by atoms with Gasteiger partial charge in [-0.3, -0.25) is 0 Å². The molecule has 0 spiro atoms. The second kappa shape index (κ2) is 6.52. The molecule has 17 heavy (non-hydrogen) atoms. The second-order valence-corrected chi connectivity index (χ2v) is 7.33. The summed E-state index contributed by atoms with van der Waals surface area (Å²) >= 11 is 3.44. The summed E-state index contributed by atoms with van der Waals surface area (Å²) in [5.74, 6) is 0.429. The Morgan fingerprint density at radius 3 is 2.59 bits per heavy atom. The SMILES string of the molecule is CCS(=O)(=O)CCCC(N)c1ccccc1Br. The molecule has 0 saturated carbocycles. The van der Waals surface area contributed by atoms with Crippen LogP contribution in [0.2, 0.25) is 0 Å². The molecule has 0 heterocycles. The molecule has 1 unspecified atom stereocenters. The quantitative estimate of drug-likeness (QED) is 0.876. The number of rotatable bonds is 6. The molecular weight excluding hydrogens is 302 g/mol. The van der Waals surface area contributed by atoms with Crippen molar-refractivity contribution in [3.05, 3.63) is 34.3 Å². The third kappa shape index (κ3) is 4.77. The number of hydrogen-bond donors (Lipinski definition) is 1. The Kier molecular flexibility index (Phi) is 5.62. The Labute approximate surface area is 111 Å². The fourth-order valence-electron chi connectivity index (χ4n) is 1.60. The molecule has 1 aromatic rings. The first-order chi connectivity index (χ1) is 7.96. The fraction of sp³-hybridized carbons (Fsp3) is 0.500. The molecule has 0 aliphatic heterocycles. The molecule has 1 aromatic carbocycles. The van der Waals surface area contributed by atoms with Crippen LogP contribution in [0, 0.1) is 0 Å². The van der Waals surface area contributed by atoms with Crippen LogP contribution in [0.5, 0.6) is 0 Å². The summed E-state index contributed by atoms with van der Waals surface area (Å²) in [5.41, 5.74) is 7.07. The highest BCUT2D eigenvalue weighted by molar-refractivity contribution is 9.10. The minimum Gasteiger partial charge on any atom is -0.324 e. The van der Waals surface area contributed by atoms with Gasteiger partial charge in [-0.1, -0.05) is 41.1 Å². The third-order valence-corrected chi connectivity index (χ3v) is 5.23. The van der Waals surface area contributed by atoms with Crippen LogP contribution in [-0.2, 0) is 9.84 Å². The number of benzene rings is 1. The molecule has 0 bridgehead atoms. The van der Waals surface area contributed by atoms with Gasteiger partial charge in [0.05, 0.1) is 5.75 Å². The van der Waals surface area contributed by atoms with Crippen molar-refractivity contribution in [3.63, 3.8) is 0 Å². The van der Waals surface area contributed by atoms with E-state index in [1.807, 2.05) is 24.3 Å². The molecule has 0 aliphatic rings. The highest BCUT2D eigenvalue weighted by Gasteiger charge is 2.12. The van der Waals surface area contributed by atoms with Crippen molar-refractivity contribution < 1.29 is 8.42 Å². The topological polar surface area (TPSA) is 60.2 Å². The van der Waals surface area contributed by atoms with E-state index in [4.69, 9.17) is 5.73 Å². The van der Waals surface area contributed by atoms with Gasteiger partial charge in [-0.25, -0.2) is 8.42 Å². The molecular formula is C12H18BrNO2S. The molecule has 2 N–H and O–H groups in total. The molecule has 0 saturated heterocycles. The molecule has 96 valence electrons. The fourth-order valence-corrected chi connectivity index (χ4v) is 3.07. The zero-order valence-corrected chi connectivity index (χ0v) is 12.3. The van der Waals surface area contributed by atoms with Crippen molar-refractivity contribution in [3.8, 4) is 0 Å². The molecule has 0 fully saturated rings. The van der Waals surface area contributed by atoms with E-state index in [-0.39, 0.29) is 17.5 Å². The number of sulfone groups is 1. The molecule has 5 heteroatoms. The monoisotopic (exact) mass is 319 g/mol. The lowest BCUT2D eigenvalue weighted by molar-refractivity contribution is 0.583. The maximum atomic E-state index is 11.3. The van der Waals surface area contributed by atoms with Crippen molar-refractivity contribution in [2.45, 2.75) is 25.8 Å². The Morgan fingerprint density at radius 1 is 1.35 bits per heavy atom. The predicted molar refractivity (Wildman–Crippen MR) is 74.6 cm³/mol. The molecule has 0 aliphatic carbocycles. The minimum absolute atomic E-state index is 0.113. The molecule has 0 radical (unpaired) electrons.